The molecule has 172 valence electrons. The second kappa shape index (κ2) is 10.4. The van der Waals surface area contributed by atoms with Gasteiger partial charge in [0.2, 0.25) is 5.91 Å². The number of ether oxygens (including phenoxy) is 1. The Kier molecular flexibility index (Phi) is 7.10. The average molecular weight is 447 g/mol. The number of hydrogen-bond donors (Lipinski definition) is 1. The minimum atomic E-state index is -0.319. The van der Waals surface area contributed by atoms with E-state index in [0.717, 1.165) is 23.4 Å². The lowest BCUT2D eigenvalue weighted by atomic mass is 10.00. The summed E-state index contributed by atoms with van der Waals surface area (Å²) in [6.45, 7) is 3.95. The molecule has 0 saturated heterocycles. The number of anilines is 1. The summed E-state index contributed by atoms with van der Waals surface area (Å²) in [4.78, 5) is 30.0. The molecule has 1 unspecified atom stereocenters. The fourth-order valence-corrected chi connectivity index (χ4v) is 4.19. The zero-order valence-electron chi connectivity index (χ0n) is 19.1. The normalized spacial score (nSPS) is 15.1. The first-order valence-corrected chi connectivity index (χ1v) is 11.2. The Balaban J connectivity index is 1.53. The summed E-state index contributed by atoms with van der Waals surface area (Å²) in [5.74, 6) is -0.0912. The molecule has 1 aliphatic rings. The molecule has 1 N–H and O–H groups in total. The van der Waals surface area contributed by atoms with E-state index in [1.165, 1.54) is 4.90 Å². The summed E-state index contributed by atoms with van der Waals surface area (Å²) < 4.78 is 7.38. The fourth-order valence-electron chi connectivity index (χ4n) is 4.19. The van der Waals surface area contributed by atoms with Crippen LogP contribution in [-0.4, -0.2) is 59.7 Å². The highest BCUT2D eigenvalue weighted by Gasteiger charge is 2.33. The number of carbonyl (C=O) groups is 2. The van der Waals surface area contributed by atoms with E-state index >= 15 is 0 Å². The third-order valence-corrected chi connectivity index (χ3v) is 5.96. The summed E-state index contributed by atoms with van der Waals surface area (Å²) in [6.07, 6.45) is 2.05. The van der Waals surface area contributed by atoms with E-state index < -0.39 is 0 Å². The standard InChI is InChI=1S/C26H30N4O3/c1-20-10-12-22(13-11-20)27-26(32)29(17-18-33-2)19-24(31)30-16-15-28-14-6-9-23(28)25(30)21-7-4-3-5-8-21/h3-14,25H,15-19H2,1-2H3,(H,27,32). The smallest absolute Gasteiger partial charge is 0.322 e. The minimum Gasteiger partial charge on any atom is -0.383 e. The van der Waals surface area contributed by atoms with Gasteiger partial charge in [-0.1, -0.05) is 48.0 Å². The number of aryl methyl sites for hydroxylation is 1. The molecule has 4 rings (SSSR count). The van der Waals surface area contributed by atoms with Crippen LogP contribution in [0.25, 0.3) is 0 Å². The summed E-state index contributed by atoms with van der Waals surface area (Å²) >= 11 is 0. The van der Waals surface area contributed by atoms with Crippen LogP contribution in [0.15, 0.2) is 72.9 Å². The number of benzene rings is 2. The number of hydrogen-bond acceptors (Lipinski definition) is 3. The van der Waals surface area contributed by atoms with Crippen LogP contribution >= 0.6 is 0 Å². The van der Waals surface area contributed by atoms with Gasteiger partial charge in [-0.15, -0.1) is 0 Å². The van der Waals surface area contributed by atoms with Gasteiger partial charge in [-0.05, 0) is 36.8 Å². The Morgan fingerprint density at radius 1 is 1.03 bits per heavy atom. The fraction of sp³-hybridized carbons (Fsp3) is 0.308. The molecule has 0 radical (unpaired) electrons. The van der Waals surface area contributed by atoms with Crippen LogP contribution in [0.2, 0.25) is 0 Å². The maximum absolute atomic E-state index is 13.5. The zero-order chi connectivity index (χ0) is 23.2. The number of nitrogens with zero attached hydrogens (tertiary/aromatic N) is 3. The molecule has 3 amide bonds. The van der Waals surface area contributed by atoms with Gasteiger partial charge in [-0.3, -0.25) is 4.79 Å². The third kappa shape index (κ3) is 5.26. The summed E-state index contributed by atoms with van der Waals surface area (Å²) in [7, 11) is 1.59. The van der Waals surface area contributed by atoms with Gasteiger partial charge >= 0.3 is 6.03 Å². The summed E-state index contributed by atoms with van der Waals surface area (Å²) in [5, 5.41) is 2.90. The number of methoxy groups -OCH3 is 1. The van der Waals surface area contributed by atoms with Crippen molar-refractivity contribution in [3.8, 4) is 0 Å². The van der Waals surface area contributed by atoms with Crippen LogP contribution in [0.3, 0.4) is 0 Å². The lowest BCUT2D eigenvalue weighted by Crippen LogP contribution is -2.49. The quantitative estimate of drug-likeness (QED) is 0.598. The van der Waals surface area contributed by atoms with Crippen LogP contribution in [-0.2, 0) is 16.1 Å². The number of aromatic nitrogens is 1. The predicted molar refractivity (Wildman–Crippen MR) is 128 cm³/mol. The number of fused-ring (bicyclic) bond motifs is 1. The lowest BCUT2D eigenvalue weighted by molar-refractivity contribution is -0.134. The Morgan fingerprint density at radius 3 is 2.52 bits per heavy atom. The van der Waals surface area contributed by atoms with Gasteiger partial charge in [0.25, 0.3) is 0 Å². The van der Waals surface area contributed by atoms with Gasteiger partial charge in [0.05, 0.1) is 12.6 Å². The molecule has 7 nitrogen and oxygen atoms in total. The first-order valence-electron chi connectivity index (χ1n) is 11.2. The molecule has 2 aromatic carbocycles. The Hall–Kier alpha value is -3.58. The molecule has 3 aromatic rings. The number of nitrogens with one attached hydrogen (secondary N) is 1. The highest BCUT2D eigenvalue weighted by Crippen LogP contribution is 2.32. The van der Waals surface area contributed by atoms with Crippen molar-refractivity contribution in [3.05, 3.63) is 89.7 Å². The molecule has 1 atom stereocenters. The van der Waals surface area contributed by atoms with Crippen LogP contribution < -0.4 is 5.32 Å². The number of urea groups is 1. The van der Waals surface area contributed by atoms with Crippen molar-refractivity contribution < 1.29 is 14.3 Å². The molecule has 1 aliphatic heterocycles. The third-order valence-electron chi connectivity index (χ3n) is 5.96. The Labute approximate surface area is 194 Å². The van der Waals surface area contributed by atoms with E-state index in [1.54, 1.807) is 7.11 Å². The first kappa shape index (κ1) is 22.6. The van der Waals surface area contributed by atoms with Gasteiger partial charge in [0.15, 0.2) is 0 Å². The van der Waals surface area contributed by atoms with Crippen molar-refractivity contribution in [1.82, 2.24) is 14.4 Å². The molecular weight excluding hydrogens is 416 g/mol. The van der Waals surface area contributed by atoms with Crippen molar-refractivity contribution >= 4 is 17.6 Å². The van der Waals surface area contributed by atoms with Crippen LogP contribution in [0.1, 0.15) is 22.9 Å². The Morgan fingerprint density at radius 2 is 1.79 bits per heavy atom. The van der Waals surface area contributed by atoms with Crippen LogP contribution in [0.4, 0.5) is 10.5 Å². The number of amides is 3. The molecule has 0 fully saturated rings. The zero-order valence-corrected chi connectivity index (χ0v) is 19.1. The lowest BCUT2D eigenvalue weighted by Gasteiger charge is -2.38. The topological polar surface area (TPSA) is 66.8 Å². The largest absolute Gasteiger partial charge is 0.383 e. The van der Waals surface area contributed by atoms with E-state index in [0.29, 0.717) is 25.4 Å². The van der Waals surface area contributed by atoms with Gasteiger partial charge in [0, 0.05) is 44.3 Å². The highest BCUT2D eigenvalue weighted by atomic mass is 16.5. The van der Waals surface area contributed by atoms with Gasteiger partial charge in [0.1, 0.15) is 6.54 Å². The molecule has 1 aromatic heterocycles. The second-order valence-corrected chi connectivity index (χ2v) is 8.24. The summed E-state index contributed by atoms with van der Waals surface area (Å²) in [6, 6.07) is 21.2. The monoisotopic (exact) mass is 446 g/mol. The molecule has 0 aliphatic carbocycles. The number of rotatable bonds is 7. The van der Waals surface area contributed by atoms with Crippen molar-refractivity contribution in [1.29, 1.82) is 0 Å². The molecule has 0 spiro atoms. The van der Waals surface area contributed by atoms with Gasteiger partial charge in [-0.2, -0.15) is 0 Å². The molecule has 33 heavy (non-hydrogen) atoms. The Bertz CT molecular complexity index is 1080. The second-order valence-electron chi connectivity index (χ2n) is 8.24. The van der Waals surface area contributed by atoms with Crippen molar-refractivity contribution in [2.24, 2.45) is 0 Å². The maximum Gasteiger partial charge on any atom is 0.322 e. The highest BCUT2D eigenvalue weighted by molar-refractivity contribution is 5.92. The van der Waals surface area contributed by atoms with E-state index in [9.17, 15) is 9.59 Å². The van der Waals surface area contributed by atoms with E-state index in [-0.39, 0.29) is 24.5 Å². The average Bonchev–Trinajstić information content (AvgIpc) is 3.32. The van der Waals surface area contributed by atoms with E-state index in [1.807, 2.05) is 78.7 Å². The van der Waals surface area contributed by atoms with Crippen molar-refractivity contribution in [2.75, 3.05) is 38.7 Å². The molecule has 0 saturated carbocycles. The predicted octanol–water partition coefficient (Wildman–Crippen LogP) is 3.91. The van der Waals surface area contributed by atoms with Crippen LogP contribution in [0.5, 0.6) is 0 Å². The molecule has 2 heterocycles. The van der Waals surface area contributed by atoms with Crippen molar-refractivity contribution in [3.63, 3.8) is 0 Å². The van der Waals surface area contributed by atoms with Crippen LogP contribution in [0, 0.1) is 6.92 Å². The summed E-state index contributed by atoms with van der Waals surface area (Å²) in [5.41, 5.74) is 3.94. The first-order chi connectivity index (χ1) is 16.1. The van der Waals surface area contributed by atoms with Gasteiger partial charge < -0.3 is 24.4 Å². The SMILES string of the molecule is COCCN(CC(=O)N1CCn2cccc2C1c1ccccc1)C(=O)Nc1ccc(C)cc1. The maximum atomic E-state index is 13.5. The van der Waals surface area contributed by atoms with Crippen molar-refractivity contribution in [2.45, 2.75) is 19.5 Å². The minimum absolute atomic E-state index is 0.0227. The van der Waals surface area contributed by atoms with E-state index in [2.05, 4.69) is 16.0 Å². The molecular formula is C26H30N4O3. The number of carbonyl (C=O) groups excluding carboxylic acids is 2. The van der Waals surface area contributed by atoms with E-state index in [4.69, 9.17) is 4.74 Å². The molecule has 0 bridgehead atoms. The van der Waals surface area contributed by atoms with Gasteiger partial charge in [-0.25, -0.2) is 4.79 Å². The molecule has 7 heteroatoms.